The van der Waals surface area contributed by atoms with Crippen molar-refractivity contribution in [3.05, 3.63) is 35.4 Å². The molecule has 2 rings (SSSR count). The van der Waals surface area contributed by atoms with Crippen molar-refractivity contribution in [1.82, 2.24) is 15.1 Å². The van der Waals surface area contributed by atoms with Crippen LogP contribution in [0.1, 0.15) is 31.0 Å². The van der Waals surface area contributed by atoms with Gasteiger partial charge in [0.05, 0.1) is 5.56 Å². The minimum absolute atomic E-state index is 0.134. The summed E-state index contributed by atoms with van der Waals surface area (Å²) in [6.45, 7) is 8.78. The Bertz CT molecular complexity index is 496. The van der Waals surface area contributed by atoms with Crippen molar-refractivity contribution in [2.75, 3.05) is 39.8 Å². The van der Waals surface area contributed by atoms with Crippen molar-refractivity contribution in [1.29, 1.82) is 0 Å². The molecule has 0 bridgehead atoms. The normalized spacial score (nSPS) is 20.4. The summed E-state index contributed by atoms with van der Waals surface area (Å²) in [5.41, 5.74) is -0.239. The molecule has 1 N–H and O–H groups in total. The zero-order chi connectivity index (χ0) is 17.0. The van der Waals surface area contributed by atoms with Crippen LogP contribution >= 0.6 is 0 Å². The monoisotopic (exact) mass is 329 g/mol. The molecule has 0 spiro atoms. The lowest BCUT2D eigenvalue weighted by Gasteiger charge is -2.35. The number of hydrogen-bond acceptors (Lipinski definition) is 3. The third-order valence-electron chi connectivity index (χ3n) is 4.40. The lowest BCUT2D eigenvalue weighted by molar-refractivity contribution is -0.138. The van der Waals surface area contributed by atoms with Crippen LogP contribution in [0.3, 0.4) is 0 Å². The van der Waals surface area contributed by atoms with E-state index in [1.807, 2.05) is 6.92 Å². The summed E-state index contributed by atoms with van der Waals surface area (Å²) in [6, 6.07) is 5.60. The molecule has 1 aliphatic rings. The van der Waals surface area contributed by atoms with Crippen LogP contribution in [0.5, 0.6) is 0 Å². The van der Waals surface area contributed by atoms with Gasteiger partial charge in [0.25, 0.3) is 0 Å². The van der Waals surface area contributed by atoms with Gasteiger partial charge >= 0.3 is 6.18 Å². The third kappa shape index (κ3) is 5.19. The summed E-state index contributed by atoms with van der Waals surface area (Å²) in [4.78, 5) is 4.65. The molecule has 2 unspecified atom stereocenters. The van der Waals surface area contributed by atoms with Crippen molar-refractivity contribution in [2.24, 2.45) is 0 Å². The first-order valence-electron chi connectivity index (χ1n) is 8.10. The van der Waals surface area contributed by atoms with Gasteiger partial charge in [-0.3, -0.25) is 4.90 Å². The average molecular weight is 329 g/mol. The maximum absolute atomic E-state index is 13.1. The third-order valence-corrected chi connectivity index (χ3v) is 4.40. The molecule has 2 atom stereocenters. The number of hydrogen-bond donors (Lipinski definition) is 1. The van der Waals surface area contributed by atoms with Crippen molar-refractivity contribution < 1.29 is 13.2 Å². The molecule has 1 saturated heterocycles. The van der Waals surface area contributed by atoms with Crippen LogP contribution in [-0.4, -0.2) is 55.6 Å². The Labute approximate surface area is 136 Å². The van der Waals surface area contributed by atoms with Gasteiger partial charge in [-0.25, -0.2) is 0 Å². The summed E-state index contributed by atoms with van der Waals surface area (Å²) in [7, 11) is 2.11. The lowest BCUT2D eigenvalue weighted by atomic mass is 10.0. The molecule has 1 heterocycles. The van der Waals surface area contributed by atoms with E-state index in [9.17, 15) is 13.2 Å². The second-order valence-corrected chi connectivity index (χ2v) is 6.48. The summed E-state index contributed by atoms with van der Waals surface area (Å²) < 4.78 is 39.3. The molecule has 23 heavy (non-hydrogen) atoms. The number of nitrogens with one attached hydrogen (secondary N) is 1. The van der Waals surface area contributed by atoms with Gasteiger partial charge in [0.15, 0.2) is 0 Å². The molecule has 1 aromatic carbocycles. The number of halogens is 3. The van der Waals surface area contributed by atoms with Gasteiger partial charge < -0.3 is 10.2 Å². The SMILES string of the molecule is CC(CN1CCN(C)CC1)NC(C)c1ccccc1C(F)(F)F. The molecule has 0 amide bonds. The van der Waals surface area contributed by atoms with E-state index in [2.05, 4.69) is 22.2 Å². The van der Waals surface area contributed by atoms with E-state index < -0.39 is 11.7 Å². The molecule has 3 nitrogen and oxygen atoms in total. The average Bonchev–Trinajstić information content (AvgIpc) is 2.48. The van der Waals surface area contributed by atoms with E-state index >= 15 is 0 Å². The number of benzene rings is 1. The Kier molecular flexibility index (Phi) is 6.06. The van der Waals surface area contributed by atoms with Crippen LogP contribution in [0.4, 0.5) is 13.2 Å². The predicted octanol–water partition coefficient (Wildman–Crippen LogP) is 2.99. The summed E-state index contributed by atoms with van der Waals surface area (Å²) in [6.07, 6.45) is -4.31. The molecule has 0 saturated carbocycles. The molecule has 0 radical (unpaired) electrons. The quantitative estimate of drug-likeness (QED) is 0.896. The Hall–Kier alpha value is -1.11. The number of alkyl halides is 3. The highest BCUT2D eigenvalue weighted by Crippen LogP contribution is 2.34. The van der Waals surface area contributed by atoms with Gasteiger partial charge in [-0.1, -0.05) is 18.2 Å². The Balaban J connectivity index is 1.95. The summed E-state index contributed by atoms with van der Waals surface area (Å²) in [5, 5.41) is 3.31. The van der Waals surface area contributed by atoms with Gasteiger partial charge in [0, 0.05) is 44.8 Å². The van der Waals surface area contributed by atoms with Gasteiger partial charge in [-0.15, -0.1) is 0 Å². The fraction of sp³-hybridized carbons (Fsp3) is 0.647. The number of piperazine rings is 1. The van der Waals surface area contributed by atoms with Crippen molar-refractivity contribution >= 4 is 0 Å². The number of likely N-dealkylation sites (N-methyl/N-ethyl adjacent to an activating group) is 1. The molecular formula is C17H26F3N3. The van der Waals surface area contributed by atoms with Crippen LogP contribution in [0, 0.1) is 0 Å². The molecule has 0 aliphatic carbocycles. The zero-order valence-electron chi connectivity index (χ0n) is 14.0. The summed E-state index contributed by atoms with van der Waals surface area (Å²) >= 11 is 0. The topological polar surface area (TPSA) is 18.5 Å². The second kappa shape index (κ2) is 7.64. The van der Waals surface area contributed by atoms with E-state index in [4.69, 9.17) is 0 Å². The lowest BCUT2D eigenvalue weighted by Crippen LogP contribution is -2.49. The molecule has 130 valence electrons. The molecule has 1 aliphatic heterocycles. The highest BCUT2D eigenvalue weighted by atomic mass is 19.4. The largest absolute Gasteiger partial charge is 0.416 e. The van der Waals surface area contributed by atoms with Crippen LogP contribution in [0.2, 0.25) is 0 Å². The van der Waals surface area contributed by atoms with E-state index in [-0.39, 0.29) is 12.1 Å². The Morgan fingerprint density at radius 2 is 1.70 bits per heavy atom. The first kappa shape index (κ1) is 18.2. The standard InChI is InChI=1S/C17H26F3N3/c1-13(12-23-10-8-22(3)9-11-23)21-14(2)15-6-4-5-7-16(15)17(18,19)20/h4-7,13-14,21H,8-12H2,1-3H3. The van der Waals surface area contributed by atoms with E-state index in [1.54, 1.807) is 19.1 Å². The van der Waals surface area contributed by atoms with Gasteiger partial charge in [0.1, 0.15) is 0 Å². The molecule has 0 aromatic heterocycles. The highest BCUT2D eigenvalue weighted by Gasteiger charge is 2.34. The number of rotatable bonds is 5. The molecule has 1 aromatic rings. The van der Waals surface area contributed by atoms with Crippen molar-refractivity contribution in [3.63, 3.8) is 0 Å². The first-order valence-corrected chi connectivity index (χ1v) is 8.10. The van der Waals surface area contributed by atoms with Crippen LogP contribution in [-0.2, 0) is 6.18 Å². The van der Waals surface area contributed by atoms with Gasteiger partial charge in [-0.05, 0) is 32.5 Å². The fourth-order valence-electron chi connectivity index (χ4n) is 3.12. The zero-order valence-corrected chi connectivity index (χ0v) is 14.0. The predicted molar refractivity (Wildman–Crippen MR) is 86.4 cm³/mol. The van der Waals surface area contributed by atoms with E-state index in [1.165, 1.54) is 6.07 Å². The Morgan fingerprint density at radius 3 is 2.30 bits per heavy atom. The van der Waals surface area contributed by atoms with Crippen molar-refractivity contribution in [2.45, 2.75) is 32.1 Å². The minimum atomic E-state index is -4.31. The molecular weight excluding hydrogens is 303 g/mol. The second-order valence-electron chi connectivity index (χ2n) is 6.48. The van der Waals surface area contributed by atoms with Gasteiger partial charge in [0.2, 0.25) is 0 Å². The van der Waals surface area contributed by atoms with Gasteiger partial charge in [-0.2, -0.15) is 13.2 Å². The first-order chi connectivity index (χ1) is 10.8. The highest BCUT2D eigenvalue weighted by molar-refractivity contribution is 5.32. The molecule has 1 fully saturated rings. The maximum atomic E-state index is 13.1. The molecule has 6 heteroatoms. The minimum Gasteiger partial charge on any atom is -0.306 e. The smallest absolute Gasteiger partial charge is 0.306 e. The van der Waals surface area contributed by atoms with E-state index in [0.29, 0.717) is 5.56 Å². The Morgan fingerprint density at radius 1 is 1.09 bits per heavy atom. The maximum Gasteiger partial charge on any atom is 0.416 e. The van der Waals surface area contributed by atoms with Crippen molar-refractivity contribution in [3.8, 4) is 0 Å². The summed E-state index contributed by atoms with van der Waals surface area (Å²) in [5.74, 6) is 0. The van der Waals surface area contributed by atoms with E-state index in [0.717, 1.165) is 38.8 Å². The number of nitrogens with zero attached hydrogens (tertiary/aromatic N) is 2. The van der Waals surface area contributed by atoms with Crippen LogP contribution < -0.4 is 5.32 Å². The fourth-order valence-corrected chi connectivity index (χ4v) is 3.12. The van der Waals surface area contributed by atoms with Crippen LogP contribution in [0.15, 0.2) is 24.3 Å². The van der Waals surface area contributed by atoms with Crippen LogP contribution in [0.25, 0.3) is 0 Å².